The fraction of sp³-hybridized carbons (Fsp3) is 0.176. The second kappa shape index (κ2) is 6.33. The van der Waals surface area contributed by atoms with Gasteiger partial charge >= 0.3 is 0 Å². The summed E-state index contributed by atoms with van der Waals surface area (Å²) in [5, 5.41) is 7.95. The third kappa shape index (κ3) is 3.35. The first kappa shape index (κ1) is 13.5. The molecule has 4 nitrogen and oxygen atoms in total. The Balaban J connectivity index is 1.60. The van der Waals surface area contributed by atoms with Crippen LogP contribution in [0.1, 0.15) is 17.0 Å². The molecule has 0 saturated carbocycles. The molecule has 4 heteroatoms. The fourth-order valence-corrected chi connectivity index (χ4v) is 2.19. The number of aromatic nitrogens is 3. The van der Waals surface area contributed by atoms with E-state index in [1.165, 1.54) is 5.56 Å². The van der Waals surface area contributed by atoms with Crippen LogP contribution in [0.15, 0.2) is 60.9 Å². The molecule has 3 rings (SSSR count). The van der Waals surface area contributed by atoms with E-state index in [1.807, 2.05) is 59.5 Å². The van der Waals surface area contributed by atoms with E-state index in [1.54, 1.807) is 0 Å². The maximum Gasteiger partial charge on any atom is 0.0767 e. The summed E-state index contributed by atoms with van der Waals surface area (Å²) in [6.07, 6.45) is 3.81. The van der Waals surface area contributed by atoms with E-state index in [0.717, 1.165) is 30.2 Å². The molecule has 106 valence electrons. The van der Waals surface area contributed by atoms with Crippen LogP contribution in [0, 0.1) is 6.92 Å². The minimum absolute atomic E-state index is 0.732. The van der Waals surface area contributed by atoms with E-state index < -0.39 is 0 Å². The first-order valence-corrected chi connectivity index (χ1v) is 7.04. The second-order valence-corrected chi connectivity index (χ2v) is 4.96. The number of hydrogen-bond acceptors (Lipinski definition) is 3. The summed E-state index contributed by atoms with van der Waals surface area (Å²) in [4.78, 5) is 4.37. The minimum atomic E-state index is 0.732. The number of para-hydroxylation sites is 1. The summed E-state index contributed by atoms with van der Waals surface area (Å²) in [5.41, 5.74) is 4.39. The Morgan fingerprint density at radius 1 is 1.00 bits per heavy atom. The van der Waals surface area contributed by atoms with Crippen molar-refractivity contribution in [1.29, 1.82) is 0 Å². The van der Waals surface area contributed by atoms with E-state index >= 15 is 0 Å². The predicted octanol–water partition coefficient (Wildman–Crippen LogP) is 2.87. The molecule has 21 heavy (non-hydrogen) atoms. The highest BCUT2D eigenvalue weighted by atomic mass is 15.3. The van der Waals surface area contributed by atoms with Crippen molar-refractivity contribution in [3.8, 4) is 5.69 Å². The largest absolute Gasteiger partial charge is 0.305 e. The molecule has 0 fully saturated rings. The Morgan fingerprint density at radius 2 is 1.86 bits per heavy atom. The molecule has 0 aliphatic rings. The molecule has 3 aromatic rings. The Hall–Kier alpha value is -2.46. The van der Waals surface area contributed by atoms with Crippen molar-refractivity contribution >= 4 is 0 Å². The van der Waals surface area contributed by atoms with Gasteiger partial charge in [0.2, 0.25) is 0 Å². The normalized spacial score (nSPS) is 10.7. The summed E-state index contributed by atoms with van der Waals surface area (Å²) in [7, 11) is 0. The fourth-order valence-electron chi connectivity index (χ4n) is 2.19. The maximum atomic E-state index is 4.57. The predicted molar refractivity (Wildman–Crippen MR) is 83.1 cm³/mol. The average Bonchev–Trinajstić information content (AvgIpc) is 2.99. The lowest BCUT2D eigenvalue weighted by molar-refractivity contribution is 0.656. The van der Waals surface area contributed by atoms with Crippen LogP contribution in [0.5, 0.6) is 0 Å². The van der Waals surface area contributed by atoms with Gasteiger partial charge in [-0.2, -0.15) is 5.10 Å². The van der Waals surface area contributed by atoms with Crippen molar-refractivity contribution < 1.29 is 0 Å². The lowest BCUT2D eigenvalue weighted by Gasteiger charge is -2.05. The van der Waals surface area contributed by atoms with E-state index in [2.05, 4.69) is 28.4 Å². The number of aryl methyl sites for hydroxylation is 1. The standard InChI is InChI=1S/C17H18N4/c1-14-6-5-10-19-17(14)13-18-12-15-9-11-21(20-15)16-7-3-2-4-8-16/h2-11,18H,12-13H2,1H3. The molecular weight excluding hydrogens is 260 g/mol. The first-order valence-electron chi connectivity index (χ1n) is 7.04. The highest BCUT2D eigenvalue weighted by Gasteiger charge is 2.02. The molecule has 0 aliphatic heterocycles. The van der Waals surface area contributed by atoms with Crippen LogP contribution in [0.2, 0.25) is 0 Å². The van der Waals surface area contributed by atoms with Gasteiger partial charge in [0.05, 0.1) is 17.1 Å². The van der Waals surface area contributed by atoms with Gasteiger partial charge in [-0.1, -0.05) is 24.3 Å². The van der Waals surface area contributed by atoms with Gasteiger partial charge in [-0.3, -0.25) is 4.98 Å². The zero-order chi connectivity index (χ0) is 14.5. The van der Waals surface area contributed by atoms with E-state index in [4.69, 9.17) is 0 Å². The van der Waals surface area contributed by atoms with Crippen LogP contribution < -0.4 is 5.32 Å². The molecule has 0 bridgehead atoms. The second-order valence-electron chi connectivity index (χ2n) is 4.96. The van der Waals surface area contributed by atoms with Crippen molar-refractivity contribution in [1.82, 2.24) is 20.1 Å². The number of nitrogens with one attached hydrogen (secondary N) is 1. The summed E-state index contributed by atoms with van der Waals surface area (Å²) in [6, 6.07) is 16.2. The Kier molecular flexibility index (Phi) is 4.07. The van der Waals surface area contributed by atoms with Gasteiger partial charge in [0.1, 0.15) is 0 Å². The summed E-state index contributed by atoms with van der Waals surface area (Å²) >= 11 is 0. The molecule has 0 spiro atoms. The van der Waals surface area contributed by atoms with Crippen LogP contribution in [-0.2, 0) is 13.1 Å². The molecule has 2 heterocycles. The van der Waals surface area contributed by atoms with Gasteiger partial charge in [-0.15, -0.1) is 0 Å². The summed E-state index contributed by atoms with van der Waals surface area (Å²) < 4.78 is 1.89. The molecule has 2 aromatic heterocycles. The van der Waals surface area contributed by atoms with Crippen LogP contribution in [-0.4, -0.2) is 14.8 Å². The molecule has 0 saturated heterocycles. The Morgan fingerprint density at radius 3 is 2.67 bits per heavy atom. The van der Waals surface area contributed by atoms with Gasteiger partial charge in [-0.05, 0) is 36.8 Å². The van der Waals surface area contributed by atoms with Crippen LogP contribution >= 0.6 is 0 Å². The van der Waals surface area contributed by atoms with Crippen molar-refractivity contribution in [3.63, 3.8) is 0 Å². The van der Waals surface area contributed by atoms with Crippen LogP contribution in [0.3, 0.4) is 0 Å². The SMILES string of the molecule is Cc1cccnc1CNCc1ccn(-c2ccccc2)n1. The van der Waals surface area contributed by atoms with Gasteiger partial charge in [0.15, 0.2) is 0 Å². The monoisotopic (exact) mass is 278 g/mol. The summed E-state index contributed by atoms with van der Waals surface area (Å²) in [6.45, 7) is 3.56. The Labute approximate surface area is 124 Å². The molecule has 1 N–H and O–H groups in total. The van der Waals surface area contributed by atoms with Crippen LogP contribution in [0.25, 0.3) is 5.69 Å². The van der Waals surface area contributed by atoms with Gasteiger partial charge < -0.3 is 5.32 Å². The smallest absolute Gasteiger partial charge is 0.0767 e. The third-order valence-electron chi connectivity index (χ3n) is 3.38. The molecule has 0 amide bonds. The van der Waals surface area contributed by atoms with Crippen molar-refractivity contribution in [2.75, 3.05) is 0 Å². The molecule has 0 radical (unpaired) electrons. The quantitative estimate of drug-likeness (QED) is 0.780. The van der Waals surface area contributed by atoms with E-state index in [-0.39, 0.29) is 0 Å². The van der Waals surface area contributed by atoms with Gasteiger partial charge in [-0.25, -0.2) is 4.68 Å². The van der Waals surface area contributed by atoms with Gasteiger partial charge in [0, 0.05) is 25.5 Å². The zero-order valence-electron chi connectivity index (χ0n) is 12.0. The minimum Gasteiger partial charge on any atom is -0.305 e. The number of nitrogens with zero attached hydrogens (tertiary/aromatic N) is 3. The summed E-state index contributed by atoms with van der Waals surface area (Å²) in [5.74, 6) is 0. The molecule has 0 atom stereocenters. The molecule has 0 aliphatic carbocycles. The topological polar surface area (TPSA) is 42.7 Å². The number of pyridine rings is 1. The highest BCUT2D eigenvalue weighted by molar-refractivity contribution is 5.30. The Bertz CT molecular complexity index is 704. The van der Waals surface area contributed by atoms with Crippen LogP contribution in [0.4, 0.5) is 0 Å². The zero-order valence-corrected chi connectivity index (χ0v) is 12.0. The van der Waals surface area contributed by atoms with Crippen molar-refractivity contribution in [2.24, 2.45) is 0 Å². The van der Waals surface area contributed by atoms with E-state index in [0.29, 0.717) is 0 Å². The third-order valence-corrected chi connectivity index (χ3v) is 3.38. The maximum absolute atomic E-state index is 4.57. The van der Waals surface area contributed by atoms with Crippen molar-refractivity contribution in [2.45, 2.75) is 20.0 Å². The number of benzene rings is 1. The van der Waals surface area contributed by atoms with Gasteiger partial charge in [0.25, 0.3) is 0 Å². The lowest BCUT2D eigenvalue weighted by Crippen LogP contribution is -2.15. The highest BCUT2D eigenvalue weighted by Crippen LogP contribution is 2.07. The number of hydrogen-bond donors (Lipinski definition) is 1. The lowest BCUT2D eigenvalue weighted by atomic mass is 10.2. The molecule has 0 unspecified atom stereocenters. The first-order chi connectivity index (χ1) is 10.3. The van der Waals surface area contributed by atoms with Crippen molar-refractivity contribution in [3.05, 3.63) is 77.9 Å². The number of rotatable bonds is 5. The molecule has 1 aromatic carbocycles. The van der Waals surface area contributed by atoms with E-state index in [9.17, 15) is 0 Å². The average molecular weight is 278 g/mol. The molecular formula is C17H18N4.